The normalized spacial score (nSPS) is 31.5. The Morgan fingerprint density at radius 1 is 0.477 bits per heavy atom. The smallest absolute Gasteiger partial charge is 0.303 e. The van der Waals surface area contributed by atoms with Gasteiger partial charge in [0.2, 0.25) is 0 Å². The van der Waals surface area contributed by atoms with Crippen molar-refractivity contribution in [3.05, 3.63) is 0 Å². The maximum absolute atomic E-state index is 12.2. The van der Waals surface area contributed by atoms with Crippen LogP contribution in [0.4, 0.5) is 0 Å². The molecule has 0 bridgehead atoms. The van der Waals surface area contributed by atoms with Gasteiger partial charge in [-0.15, -0.1) is 0 Å². The Kier molecular flexibility index (Phi) is 13.4. The van der Waals surface area contributed by atoms with Crippen LogP contribution in [0.25, 0.3) is 0 Å². The summed E-state index contributed by atoms with van der Waals surface area (Å²) in [7, 11) is 0. The van der Waals surface area contributed by atoms with Gasteiger partial charge in [-0.1, -0.05) is 0 Å². The quantitative estimate of drug-likeness (QED) is 0.203. The highest BCUT2D eigenvalue weighted by Gasteiger charge is 2.57. The van der Waals surface area contributed by atoms with E-state index in [0.717, 1.165) is 48.5 Å². The summed E-state index contributed by atoms with van der Waals surface area (Å²) in [5, 5.41) is 10.6. The van der Waals surface area contributed by atoms with Crippen LogP contribution in [0.2, 0.25) is 0 Å². The average Bonchev–Trinajstić information content (AvgIpc) is 2.87. The molecule has 0 radical (unpaired) electrons. The van der Waals surface area contributed by atoms with E-state index in [4.69, 9.17) is 47.4 Å². The lowest BCUT2D eigenvalue weighted by Gasteiger charge is -2.48. The predicted octanol–water partition coefficient (Wildman–Crippen LogP) is -1.40. The Hall–Kier alpha value is -3.87. The average molecular weight is 637 g/mol. The van der Waals surface area contributed by atoms with Crippen molar-refractivity contribution in [1.82, 2.24) is 0 Å². The lowest BCUT2D eigenvalue weighted by atomic mass is 9.96. The van der Waals surface area contributed by atoms with Gasteiger partial charge in [0.15, 0.2) is 43.1 Å². The summed E-state index contributed by atoms with van der Waals surface area (Å²) in [6.07, 6.45) is -16.3. The van der Waals surface area contributed by atoms with Gasteiger partial charge in [0.25, 0.3) is 0 Å². The first kappa shape index (κ1) is 36.3. The Morgan fingerprint density at radius 2 is 0.841 bits per heavy atom. The molecule has 2 heterocycles. The maximum Gasteiger partial charge on any atom is 0.303 e. The van der Waals surface area contributed by atoms with E-state index in [1.807, 2.05) is 0 Å². The predicted molar refractivity (Wildman–Crippen MR) is 135 cm³/mol. The molecule has 2 saturated heterocycles. The standard InChI is InChI=1S/C26H36O18/c1-10(27)35-8-17-20(21(38-13(4)30)23(25(34)42-17)40-15(6)32)44-26-24(41-16(7)33)22(39-14(5)31)19(37-12(3)29)18(43-26)9-36-11(2)28/h17-26,34H,8-9H2,1-7H3/t17?,18?,19?,20?,21?,22?,23?,24?,25-,26?/m0/s1. The van der Waals surface area contributed by atoms with Crippen LogP contribution >= 0.6 is 0 Å². The summed E-state index contributed by atoms with van der Waals surface area (Å²) >= 11 is 0. The van der Waals surface area contributed by atoms with Crippen molar-refractivity contribution >= 4 is 41.8 Å². The fourth-order valence-corrected chi connectivity index (χ4v) is 4.49. The third kappa shape index (κ3) is 10.7. The van der Waals surface area contributed by atoms with Gasteiger partial charge in [0.1, 0.15) is 31.5 Å². The number of rotatable bonds is 11. The summed E-state index contributed by atoms with van der Waals surface area (Å²) < 4.78 is 54.1. The van der Waals surface area contributed by atoms with Gasteiger partial charge in [0, 0.05) is 48.5 Å². The number of hydrogen-bond acceptors (Lipinski definition) is 18. The lowest BCUT2D eigenvalue weighted by Crippen LogP contribution is -2.67. The molecule has 0 aliphatic carbocycles. The zero-order valence-corrected chi connectivity index (χ0v) is 25.1. The van der Waals surface area contributed by atoms with Crippen LogP contribution in [0.15, 0.2) is 0 Å². The van der Waals surface area contributed by atoms with Gasteiger partial charge in [0.05, 0.1) is 0 Å². The van der Waals surface area contributed by atoms with E-state index < -0.39 is 116 Å². The van der Waals surface area contributed by atoms with Crippen LogP contribution in [-0.2, 0) is 80.9 Å². The molecule has 2 aliphatic heterocycles. The summed E-state index contributed by atoms with van der Waals surface area (Å²) in [5.41, 5.74) is 0. The molecule has 44 heavy (non-hydrogen) atoms. The van der Waals surface area contributed by atoms with E-state index in [-0.39, 0.29) is 0 Å². The lowest BCUT2D eigenvalue weighted by molar-refractivity contribution is -0.357. The van der Waals surface area contributed by atoms with Crippen molar-refractivity contribution in [2.24, 2.45) is 0 Å². The Labute approximate surface area is 251 Å². The molecule has 10 atom stereocenters. The second-order valence-electron chi connectivity index (χ2n) is 9.68. The second-order valence-corrected chi connectivity index (χ2v) is 9.68. The number of aliphatic hydroxyl groups is 1. The Morgan fingerprint density at radius 3 is 1.27 bits per heavy atom. The minimum Gasteiger partial charge on any atom is -0.463 e. The van der Waals surface area contributed by atoms with Crippen molar-refractivity contribution in [3.8, 4) is 0 Å². The Balaban J connectivity index is 2.66. The van der Waals surface area contributed by atoms with Crippen LogP contribution in [0, 0.1) is 0 Å². The van der Waals surface area contributed by atoms with E-state index in [1.165, 1.54) is 0 Å². The minimum atomic E-state index is -1.90. The van der Waals surface area contributed by atoms with Gasteiger partial charge >= 0.3 is 41.8 Å². The fourth-order valence-electron chi connectivity index (χ4n) is 4.49. The zero-order chi connectivity index (χ0) is 33.3. The molecule has 18 heteroatoms. The molecule has 2 fully saturated rings. The van der Waals surface area contributed by atoms with E-state index in [2.05, 4.69) is 0 Å². The molecule has 0 amide bonds. The van der Waals surface area contributed by atoms with E-state index >= 15 is 0 Å². The van der Waals surface area contributed by atoms with Crippen LogP contribution in [0.3, 0.4) is 0 Å². The summed E-state index contributed by atoms with van der Waals surface area (Å²) in [6, 6.07) is 0. The molecule has 2 rings (SSSR count). The first-order valence-corrected chi connectivity index (χ1v) is 13.3. The molecule has 1 N–H and O–H groups in total. The van der Waals surface area contributed by atoms with E-state index in [9.17, 15) is 38.7 Å². The van der Waals surface area contributed by atoms with Crippen molar-refractivity contribution in [2.75, 3.05) is 13.2 Å². The molecule has 18 nitrogen and oxygen atoms in total. The first-order valence-electron chi connectivity index (χ1n) is 13.3. The number of hydrogen-bond donors (Lipinski definition) is 1. The summed E-state index contributed by atoms with van der Waals surface area (Å²) in [4.78, 5) is 83.5. The minimum absolute atomic E-state index is 0.572. The van der Waals surface area contributed by atoms with Crippen LogP contribution < -0.4 is 0 Å². The summed E-state index contributed by atoms with van der Waals surface area (Å²) in [6.45, 7) is 6.11. The van der Waals surface area contributed by atoms with Gasteiger partial charge in [-0.2, -0.15) is 0 Å². The SMILES string of the molecule is CC(=O)OCC1OC(OC2C(COC(C)=O)O[C@H](O)C(OC(C)=O)C2OC(C)=O)C(OC(C)=O)C(OC(C)=O)C1OC(C)=O. The van der Waals surface area contributed by atoms with Crippen LogP contribution in [0.1, 0.15) is 48.5 Å². The van der Waals surface area contributed by atoms with Crippen molar-refractivity contribution in [2.45, 2.75) is 110 Å². The number of esters is 7. The molecule has 0 aromatic heterocycles. The van der Waals surface area contributed by atoms with Gasteiger partial charge < -0.3 is 52.5 Å². The largest absolute Gasteiger partial charge is 0.463 e. The van der Waals surface area contributed by atoms with Gasteiger partial charge in [-0.3, -0.25) is 33.6 Å². The molecule has 0 aromatic carbocycles. The molecule has 2 aliphatic rings. The molecular formula is C26H36O18. The molecule has 0 saturated carbocycles. The maximum atomic E-state index is 12.2. The first-order chi connectivity index (χ1) is 20.5. The van der Waals surface area contributed by atoms with Gasteiger partial charge in [-0.05, 0) is 0 Å². The molecule has 248 valence electrons. The second kappa shape index (κ2) is 16.3. The number of carbonyl (C=O) groups excluding carboxylic acids is 7. The third-order valence-corrected chi connectivity index (χ3v) is 5.90. The van der Waals surface area contributed by atoms with E-state index in [0.29, 0.717) is 0 Å². The highest BCUT2D eigenvalue weighted by Crippen LogP contribution is 2.34. The molecule has 0 aromatic rings. The number of aliphatic hydroxyl groups excluding tert-OH is 1. The van der Waals surface area contributed by atoms with Crippen molar-refractivity contribution < 1.29 is 86.0 Å². The van der Waals surface area contributed by atoms with Crippen LogP contribution in [-0.4, -0.2) is 122 Å². The highest BCUT2D eigenvalue weighted by atomic mass is 16.8. The van der Waals surface area contributed by atoms with Crippen LogP contribution in [0.5, 0.6) is 0 Å². The van der Waals surface area contributed by atoms with Crippen molar-refractivity contribution in [1.29, 1.82) is 0 Å². The van der Waals surface area contributed by atoms with Crippen molar-refractivity contribution in [3.63, 3.8) is 0 Å². The number of ether oxygens (including phenoxy) is 10. The molecule has 0 spiro atoms. The highest BCUT2D eigenvalue weighted by molar-refractivity contribution is 5.69. The van der Waals surface area contributed by atoms with Gasteiger partial charge in [-0.25, -0.2) is 0 Å². The van der Waals surface area contributed by atoms with E-state index in [1.54, 1.807) is 0 Å². The summed E-state index contributed by atoms with van der Waals surface area (Å²) in [5.74, 6) is -6.03. The fraction of sp³-hybridized carbons (Fsp3) is 0.731. The number of carbonyl (C=O) groups is 7. The topological polar surface area (TPSA) is 232 Å². The monoisotopic (exact) mass is 636 g/mol. The molecule has 9 unspecified atom stereocenters. The zero-order valence-electron chi connectivity index (χ0n) is 25.1. The third-order valence-electron chi connectivity index (χ3n) is 5.90. The molecular weight excluding hydrogens is 600 g/mol. The Bertz CT molecular complexity index is 1090.